The summed E-state index contributed by atoms with van der Waals surface area (Å²) in [6, 6.07) is 5.12. The maximum Gasteiger partial charge on any atom is 0.414 e. The van der Waals surface area contributed by atoms with Crippen LogP contribution in [-0.2, 0) is 14.3 Å². The molecule has 1 saturated carbocycles. The fraction of sp³-hybridized carbons (Fsp3) is 0.516. The molecule has 2 saturated heterocycles. The quantitative estimate of drug-likeness (QED) is 0.344. The Kier molecular flexibility index (Phi) is 8.44. The lowest BCUT2D eigenvalue weighted by Gasteiger charge is -2.34. The number of fused-ring (bicyclic) bond motifs is 1. The number of amides is 2. The summed E-state index contributed by atoms with van der Waals surface area (Å²) in [5.74, 6) is -4.75. The lowest BCUT2D eigenvalue weighted by molar-refractivity contribution is -0.139. The van der Waals surface area contributed by atoms with E-state index in [1.54, 1.807) is 9.80 Å². The Balaban J connectivity index is 1.10. The van der Waals surface area contributed by atoms with Crippen molar-refractivity contribution >= 4 is 41.1 Å². The first-order chi connectivity index (χ1) is 21.9. The zero-order valence-electron chi connectivity index (χ0n) is 25.2. The zero-order chi connectivity index (χ0) is 32.7. The van der Waals surface area contributed by atoms with Crippen LogP contribution in [0.25, 0.3) is 0 Å². The highest BCUT2D eigenvalue weighted by molar-refractivity contribution is 6.13. The number of cyclic esters (lactones) is 1. The number of ether oxygens (including phenoxy) is 2. The van der Waals surface area contributed by atoms with Crippen LogP contribution in [0.1, 0.15) is 49.4 Å². The second-order valence-electron chi connectivity index (χ2n) is 12.3. The molecule has 4 aliphatic rings. The molecular formula is C31H35F2N5O8. The highest BCUT2D eigenvalue weighted by Gasteiger charge is 2.44. The Morgan fingerprint density at radius 3 is 2.59 bits per heavy atom. The molecule has 13 nitrogen and oxygen atoms in total. The Bertz CT molecular complexity index is 1570. The number of nitrogens with one attached hydrogen (secondary N) is 1. The van der Waals surface area contributed by atoms with Crippen LogP contribution in [0.5, 0.6) is 5.75 Å². The van der Waals surface area contributed by atoms with Gasteiger partial charge in [-0.1, -0.05) is 0 Å². The average molecular weight is 644 g/mol. The number of aliphatic hydroxyl groups is 1. The summed E-state index contributed by atoms with van der Waals surface area (Å²) in [5.41, 5.74) is -1.14. The summed E-state index contributed by atoms with van der Waals surface area (Å²) in [4.78, 5) is 57.3. The molecule has 46 heavy (non-hydrogen) atoms. The second-order valence-corrected chi connectivity index (χ2v) is 12.3. The number of aliphatic carboxylic acids is 1. The number of ketones is 1. The molecule has 3 fully saturated rings. The van der Waals surface area contributed by atoms with Crippen molar-refractivity contribution in [3.63, 3.8) is 0 Å². The lowest BCUT2D eigenvalue weighted by atomic mass is 9.92. The fourth-order valence-electron chi connectivity index (χ4n) is 6.16. The Labute approximate surface area is 263 Å². The summed E-state index contributed by atoms with van der Waals surface area (Å²) < 4.78 is 41.4. The summed E-state index contributed by atoms with van der Waals surface area (Å²) >= 11 is 0. The maximum absolute atomic E-state index is 15.4. The van der Waals surface area contributed by atoms with Crippen LogP contribution in [0, 0.1) is 17.6 Å². The van der Waals surface area contributed by atoms with E-state index in [2.05, 4.69) is 10.3 Å². The molecule has 2 aromatic rings. The highest BCUT2D eigenvalue weighted by Crippen LogP contribution is 2.40. The van der Waals surface area contributed by atoms with Crippen molar-refractivity contribution in [1.82, 2.24) is 10.3 Å². The molecule has 3 atom stereocenters. The van der Waals surface area contributed by atoms with Crippen LogP contribution in [-0.4, -0.2) is 96.0 Å². The van der Waals surface area contributed by atoms with E-state index in [1.807, 2.05) is 0 Å². The van der Waals surface area contributed by atoms with E-state index >= 15 is 8.78 Å². The molecule has 15 heteroatoms. The van der Waals surface area contributed by atoms with E-state index < -0.39 is 47.1 Å². The fourth-order valence-corrected chi connectivity index (χ4v) is 6.16. The normalized spacial score (nSPS) is 24.7. The van der Waals surface area contributed by atoms with Crippen LogP contribution < -0.4 is 24.8 Å². The number of carbonyl (C=O) groups excluding carboxylic acids is 3. The number of carboxylic acid groups (broad SMARTS) is 1. The molecule has 3 aliphatic heterocycles. The molecule has 0 radical (unpaired) electrons. The van der Waals surface area contributed by atoms with Gasteiger partial charge in [0.1, 0.15) is 30.0 Å². The van der Waals surface area contributed by atoms with Crippen molar-refractivity contribution in [2.45, 2.75) is 56.8 Å². The first kappa shape index (κ1) is 31.5. The largest absolute Gasteiger partial charge is 0.488 e. The van der Waals surface area contributed by atoms with Crippen molar-refractivity contribution in [2.75, 3.05) is 54.0 Å². The molecule has 3 N–H and O–H groups in total. The van der Waals surface area contributed by atoms with Crippen molar-refractivity contribution in [3.8, 4) is 5.75 Å². The number of aromatic nitrogens is 1. The molecule has 1 aromatic carbocycles. The third-order valence-electron chi connectivity index (χ3n) is 8.85. The van der Waals surface area contributed by atoms with Gasteiger partial charge in [0.2, 0.25) is 5.91 Å². The first-order valence-electron chi connectivity index (χ1n) is 15.3. The van der Waals surface area contributed by atoms with E-state index in [-0.39, 0.29) is 86.2 Å². The van der Waals surface area contributed by atoms with Gasteiger partial charge in [-0.3, -0.25) is 19.3 Å². The molecule has 6 rings (SSSR count). The molecule has 2 unspecified atom stereocenters. The number of hydrogen-bond acceptors (Lipinski definition) is 10. The van der Waals surface area contributed by atoms with Gasteiger partial charge < -0.3 is 34.8 Å². The smallest absolute Gasteiger partial charge is 0.414 e. The monoisotopic (exact) mass is 643 g/mol. The van der Waals surface area contributed by atoms with Crippen LogP contribution in [0.15, 0.2) is 24.3 Å². The Morgan fingerprint density at radius 1 is 1.11 bits per heavy atom. The molecule has 1 aliphatic carbocycles. The van der Waals surface area contributed by atoms with E-state index in [4.69, 9.17) is 9.47 Å². The predicted molar refractivity (Wildman–Crippen MR) is 159 cm³/mol. The third-order valence-corrected chi connectivity index (χ3v) is 8.85. The molecule has 246 valence electrons. The van der Waals surface area contributed by atoms with Crippen LogP contribution in [0.3, 0.4) is 0 Å². The summed E-state index contributed by atoms with van der Waals surface area (Å²) in [6.45, 7) is 1.93. The summed E-state index contributed by atoms with van der Waals surface area (Å²) in [7, 11) is 0. The van der Waals surface area contributed by atoms with E-state index in [9.17, 15) is 29.4 Å². The molecule has 0 spiro atoms. The van der Waals surface area contributed by atoms with Gasteiger partial charge in [-0.15, -0.1) is 0 Å². The first-order valence-corrected chi connectivity index (χ1v) is 15.3. The number of benzene rings is 1. The number of carbonyl (C=O) groups is 4. The molecule has 2 amide bonds. The van der Waals surface area contributed by atoms with Gasteiger partial charge in [-0.25, -0.2) is 18.6 Å². The van der Waals surface area contributed by atoms with Crippen LogP contribution in [0.2, 0.25) is 0 Å². The number of hydrogen-bond donors (Lipinski definition) is 3. The van der Waals surface area contributed by atoms with Crippen molar-refractivity contribution in [2.24, 2.45) is 5.92 Å². The third kappa shape index (κ3) is 6.41. The summed E-state index contributed by atoms with van der Waals surface area (Å²) in [5, 5.41) is 23.5. The van der Waals surface area contributed by atoms with E-state index in [0.717, 1.165) is 25.0 Å². The Hall–Kier alpha value is -4.53. The number of carboxylic acids is 1. The number of pyridine rings is 1. The number of halogens is 2. The number of nitrogens with zero attached hydrogens (tertiary/aromatic N) is 4. The van der Waals surface area contributed by atoms with E-state index in [0.29, 0.717) is 13.0 Å². The molecular weight excluding hydrogens is 608 g/mol. The van der Waals surface area contributed by atoms with Gasteiger partial charge in [0.25, 0.3) is 0 Å². The topological polar surface area (TPSA) is 162 Å². The van der Waals surface area contributed by atoms with Gasteiger partial charge in [0, 0.05) is 38.7 Å². The zero-order valence-corrected chi connectivity index (χ0v) is 25.2. The number of rotatable bonds is 9. The van der Waals surface area contributed by atoms with Crippen molar-refractivity contribution in [1.29, 1.82) is 0 Å². The highest BCUT2D eigenvalue weighted by atomic mass is 19.1. The summed E-state index contributed by atoms with van der Waals surface area (Å²) in [6.07, 6.45) is 1.32. The van der Waals surface area contributed by atoms with Gasteiger partial charge >= 0.3 is 12.1 Å². The molecule has 1 aromatic heterocycles. The van der Waals surface area contributed by atoms with Crippen molar-refractivity contribution < 1.29 is 47.6 Å². The minimum Gasteiger partial charge on any atom is -0.488 e. The van der Waals surface area contributed by atoms with Crippen LogP contribution in [0.4, 0.5) is 30.9 Å². The maximum atomic E-state index is 15.4. The average Bonchev–Trinajstić information content (AvgIpc) is 3.81. The van der Waals surface area contributed by atoms with Gasteiger partial charge in [-0.2, -0.15) is 0 Å². The van der Waals surface area contributed by atoms with Gasteiger partial charge in [0.15, 0.2) is 29.0 Å². The Morgan fingerprint density at radius 2 is 1.89 bits per heavy atom. The number of Topliss-reactive ketones (excluding diaryl/α,β-unsaturated/α-hetero) is 1. The predicted octanol–water partition coefficient (Wildman–Crippen LogP) is 2.49. The minimum atomic E-state index is -1.36. The number of anilines is 3. The van der Waals surface area contributed by atoms with Crippen molar-refractivity contribution in [3.05, 3.63) is 41.5 Å². The SMILES string of the molecule is CC(=O)NC[C@H]1CN(c2ccc(OCC3(O)CCCN(c4nc5c(cc4F)C(=O)C(C(=O)O)CN5C4CC4)CC3)c(F)c2)C(=O)O1. The standard InChI is InChI=1S/C31H35F2N5O8/c1-17(39)34-13-20-14-38(30(43)46-20)19-5-6-25(23(32)11-19)45-16-31(44)7-2-9-36(10-8-31)28-24(33)12-21-26(40)22(29(41)42)15-37(18-3-4-18)27(21)35-28/h5-6,11-12,18,20,22,44H,2-4,7-10,13-16H2,1H3,(H,34,39)(H,41,42)/t20-,22?,31?/m0/s1. The lowest BCUT2D eigenvalue weighted by Crippen LogP contribution is -2.45. The molecule has 4 heterocycles. The second kappa shape index (κ2) is 12.3. The van der Waals surface area contributed by atoms with Gasteiger partial charge in [-0.05, 0) is 50.3 Å². The van der Waals surface area contributed by atoms with Crippen LogP contribution >= 0.6 is 0 Å². The minimum absolute atomic E-state index is 0.0141. The molecule has 0 bridgehead atoms. The van der Waals surface area contributed by atoms with Gasteiger partial charge in [0.05, 0.1) is 24.3 Å². The van der Waals surface area contributed by atoms with E-state index in [1.165, 1.54) is 24.0 Å².